The monoisotopic (exact) mass is 327 g/mol. The Bertz CT molecular complexity index is 603. The summed E-state index contributed by atoms with van der Waals surface area (Å²) in [6, 6.07) is 0. The highest BCUT2D eigenvalue weighted by atomic mass is 79.9. The molecule has 0 bridgehead atoms. The molecule has 6 nitrogen and oxygen atoms in total. The molecular formula is C12H14BrN3O3. The maximum atomic E-state index is 11.7. The van der Waals surface area contributed by atoms with Gasteiger partial charge in [-0.15, -0.1) is 0 Å². The van der Waals surface area contributed by atoms with Gasteiger partial charge in [-0.25, -0.2) is 4.79 Å². The minimum absolute atomic E-state index is 0.139. The Morgan fingerprint density at radius 2 is 2.26 bits per heavy atom. The molecule has 0 fully saturated rings. The topological polar surface area (TPSA) is 70.2 Å². The Balaban J connectivity index is 2.41. The summed E-state index contributed by atoms with van der Waals surface area (Å²) in [6.07, 6.45) is 1.69. The van der Waals surface area contributed by atoms with E-state index in [1.165, 1.54) is 0 Å². The number of aryl methyl sites for hydroxylation is 1. The van der Waals surface area contributed by atoms with Gasteiger partial charge in [0.1, 0.15) is 4.47 Å². The summed E-state index contributed by atoms with van der Waals surface area (Å²) in [6.45, 7) is 6.74. The Kier molecular flexibility index (Phi) is 4.04. The number of hydrogen-bond acceptors (Lipinski definition) is 5. The molecular weight excluding hydrogens is 314 g/mol. The molecule has 19 heavy (non-hydrogen) atoms. The molecule has 0 unspecified atom stereocenters. The normalized spacial score (nSPS) is 10.7. The Labute approximate surface area is 118 Å². The van der Waals surface area contributed by atoms with E-state index in [2.05, 4.69) is 26.2 Å². The van der Waals surface area contributed by atoms with Crippen molar-refractivity contribution in [3.63, 3.8) is 0 Å². The zero-order valence-corrected chi connectivity index (χ0v) is 12.5. The molecule has 0 aliphatic heterocycles. The molecule has 0 spiro atoms. The standard InChI is InChI=1S/C12H14BrN3O3/c1-4-16-7(3)8(6-14-16)11-9(13)10(15-19-11)12(17)18-5-2/h6H,4-5H2,1-3H3. The van der Waals surface area contributed by atoms with E-state index in [-0.39, 0.29) is 5.69 Å². The average molecular weight is 328 g/mol. The van der Waals surface area contributed by atoms with Gasteiger partial charge in [-0.2, -0.15) is 5.10 Å². The number of carbonyl (C=O) groups excluding carboxylic acids is 1. The summed E-state index contributed by atoms with van der Waals surface area (Å²) >= 11 is 3.33. The second kappa shape index (κ2) is 5.56. The van der Waals surface area contributed by atoms with Gasteiger partial charge in [0.25, 0.3) is 0 Å². The van der Waals surface area contributed by atoms with Gasteiger partial charge in [-0.3, -0.25) is 4.68 Å². The lowest BCUT2D eigenvalue weighted by Crippen LogP contribution is -2.05. The van der Waals surface area contributed by atoms with Crippen LogP contribution >= 0.6 is 15.9 Å². The molecule has 2 heterocycles. The smallest absolute Gasteiger partial charge is 0.361 e. The highest BCUT2D eigenvalue weighted by Gasteiger charge is 2.24. The van der Waals surface area contributed by atoms with Crippen molar-refractivity contribution in [1.82, 2.24) is 14.9 Å². The molecule has 0 aliphatic carbocycles. The molecule has 2 rings (SSSR count). The van der Waals surface area contributed by atoms with Crippen LogP contribution < -0.4 is 0 Å². The van der Waals surface area contributed by atoms with E-state index in [9.17, 15) is 4.79 Å². The SMILES string of the molecule is CCOC(=O)c1noc(-c2cnn(CC)c2C)c1Br. The molecule has 0 N–H and O–H groups in total. The molecule has 2 aromatic heterocycles. The van der Waals surface area contributed by atoms with Crippen molar-refractivity contribution in [3.8, 4) is 11.3 Å². The molecule has 0 saturated heterocycles. The van der Waals surface area contributed by atoms with E-state index in [0.717, 1.165) is 17.8 Å². The Morgan fingerprint density at radius 1 is 1.53 bits per heavy atom. The fourth-order valence-corrected chi connectivity index (χ4v) is 2.28. The van der Waals surface area contributed by atoms with Crippen LogP contribution in [0.25, 0.3) is 11.3 Å². The lowest BCUT2D eigenvalue weighted by Gasteiger charge is -2.00. The van der Waals surface area contributed by atoms with Gasteiger partial charge in [-0.05, 0) is 36.7 Å². The summed E-state index contributed by atoms with van der Waals surface area (Å²) in [4.78, 5) is 11.7. The number of halogens is 1. The minimum atomic E-state index is -0.509. The molecule has 0 saturated carbocycles. The molecule has 2 aromatic rings. The molecule has 0 amide bonds. The number of carbonyl (C=O) groups is 1. The van der Waals surface area contributed by atoms with Crippen LogP contribution in [0.3, 0.4) is 0 Å². The van der Waals surface area contributed by atoms with Crippen molar-refractivity contribution < 1.29 is 14.1 Å². The van der Waals surface area contributed by atoms with Crippen molar-refractivity contribution in [2.75, 3.05) is 6.61 Å². The molecule has 0 radical (unpaired) electrons. The van der Waals surface area contributed by atoms with Crippen molar-refractivity contribution in [3.05, 3.63) is 22.1 Å². The van der Waals surface area contributed by atoms with Crippen molar-refractivity contribution >= 4 is 21.9 Å². The fourth-order valence-electron chi connectivity index (χ4n) is 1.76. The number of aromatic nitrogens is 3. The van der Waals surface area contributed by atoms with Crippen molar-refractivity contribution in [1.29, 1.82) is 0 Å². The molecule has 7 heteroatoms. The first-order valence-corrected chi connectivity index (χ1v) is 6.74. The third-order valence-electron chi connectivity index (χ3n) is 2.75. The van der Waals surface area contributed by atoms with Gasteiger partial charge >= 0.3 is 5.97 Å². The second-order valence-electron chi connectivity index (χ2n) is 3.85. The number of rotatable bonds is 4. The van der Waals surface area contributed by atoms with E-state index in [4.69, 9.17) is 9.26 Å². The van der Waals surface area contributed by atoms with Crippen LogP contribution in [0.15, 0.2) is 15.2 Å². The van der Waals surface area contributed by atoms with Crippen LogP contribution in [-0.4, -0.2) is 27.5 Å². The quantitative estimate of drug-likeness (QED) is 0.807. The Hall–Kier alpha value is -1.63. The van der Waals surface area contributed by atoms with Crippen LogP contribution in [0.1, 0.15) is 30.0 Å². The number of ether oxygens (including phenoxy) is 1. The van der Waals surface area contributed by atoms with E-state index in [0.29, 0.717) is 16.8 Å². The van der Waals surface area contributed by atoms with E-state index < -0.39 is 5.97 Å². The molecule has 0 aliphatic rings. The first-order chi connectivity index (χ1) is 9.10. The van der Waals surface area contributed by atoms with Crippen LogP contribution in [0.2, 0.25) is 0 Å². The lowest BCUT2D eigenvalue weighted by molar-refractivity contribution is 0.0513. The minimum Gasteiger partial charge on any atom is -0.461 e. The largest absolute Gasteiger partial charge is 0.461 e. The average Bonchev–Trinajstić information content (AvgIpc) is 2.93. The van der Waals surface area contributed by atoms with Crippen molar-refractivity contribution in [2.45, 2.75) is 27.3 Å². The van der Waals surface area contributed by atoms with E-state index >= 15 is 0 Å². The predicted molar refractivity (Wildman–Crippen MR) is 71.8 cm³/mol. The van der Waals surface area contributed by atoms with Gasteiger partial charge in [0, 0.05) is 12.2 Å². The Morgan fingerprint density at radius 3 is 2.84 bits per heavy atom. The van der Waals surface area contributed by atoms with Gasteiger partial charge < -0.3 is 9.26 Å². The highest BCUT2D eigenvalue weighted by Crippen LogP contribution is 2.33. The first kappa shape index (κ1) is 13.8. The second-order valence-corrected chi connectivity index (χ2v) is 4.65. The van der Waals surface area contributed by atoms with Crippen LogP contribution in [0, 0.1) is 6.92 Å². The summed E-state index contributed by atoms with van der Waals surface area (Å²) < 4.78 is 12.5. The van der Waals surface area contributed by atoms with E-state index in [1.54, 1.807) is 13.1 Å². The highest BCUT2D eigenvalue weighted by molar-refractivity contribution is 9.10. The summed E-state index contributed by atoms with van der Waals surface area (Å²) in [5, 5.41) is 7.99. The van der Waals surface area contributed by atoms with Gasteiger partial charge in [0.05, 0.1) is 18.4 Å². The van der Waals surface area contributed by atoms with Gasteiger partial charge in [-0.1, -0.05) is 5.16 Å². The number of hydrogen-bond donors (Lipinski definition) is 0. The third kappa shape index (κ3) is 2.42. The molecule has 102 valence electrons. The van der Waals surface area contributed by atoms with Gasteiger partial charge in [0.2, 0.25) is 5.69 Å². The summed E-state index contributed by atoms with van der Waals surface area (Å²) in [5.41, 5.74) is 1.90. The van der Waals surface area contributed by atoms with Gasteiger partial charge in [0.15, 0.2) is 5.76 Å². The first-order valence-electron chi connectivity index (χ1n) is 5.95. The number of nitrogens with zero attached hydrogens (tertiary/aromatic N) is 3. The van der Waals surface area contributed by atoms with Crippen molar-refractivity contribution in [2.24, 2.45) is 0 Å². The fraction of sp³-hybridized carbons (Fsp3) is 0.417. The third-order valence-corrected chi connectivity index (χ3v) is 3.49. The maximum Gasteiger partial charge on any atom is 0.361 e. The molecule has 0 atom stereocenters. The lowest BCUT2D eigenvalue weighted by atomic mass is 10.2. The van der Waals surface area contributed by atoms with Crippen LogP contribution in [0.5, 0.6) is 0 Å². The predicted octanol–water partition coefficient (Wildman–Crippen LogP) is 2.81. The summed E-state index contributed by atoms with van der Waals surface area (Å²) in [5.74, 6) is -0.0230. The van der Waals surface area contributed by atoms with E-state index in [1.807, 2.05) is 18.5 Å². The van der Waals surface area contributed by atoms with Crippen LogP contribution in [-0.2, 0) is 11.3 Å². The summed E-state index contributed by atoms with van der Waals surface area (Å²) in [7, 11) is 0. The maximum absolute atomic E-state index is 11.7. The number of esters is 1. The zero-order valence-electron chi connectivity index (χ0n) is 10.9. The van der Waals surface area contributed by atoms with Crippen LogP contribution in [0.4, 0.5) is 0 Å². The zero-order chi connectivity index (χ0) is 14.0. The molecule has 0 aromatic carbocycles.